The van der Waals surface area contributed by atoms with Gasteiger partial charge in [0.25, 0.3) is 0 Å². The van der Waals surface area contributed by atoms with Crippen LogP contribution in [0.25, 0.3) is 5.57 Å². The molecule has 0 radical (unpaired) electrons. The quantitative estimate of drug-likeness (QED) is 0.826. The zero-order valence-electron chi connectivity index (χ0n) is 12.9. The highest BCUT2D eigenvalue weighted by atomic mass is 32.2. The monoisotopic (exact) mass is 318 g/mol. The van der Waals surface area contributed by atoms with Crippen LogP contribution in [-0.2, 0) is 0 Å². The molecule has 23 heavy (non-hydrogen) atoms. The van der Waals surface area contributed by atoms with E-state index in [4.69, 9.17) is 0 Å². The second kappa shape index (κ2) is 6.01. The van der Waals surface area contributed by atoms with Crippen LogP contribution in [0.1, 0.15) is 5.56 Å². The highest BCUT2D eigenvalue weighted by Crippen LogP contribution is 2.42. The third kappa shape index (κ3) is 2.68. The summed E-state index contributed by atoms with van der Waals surface area (Å²) in [5, 5.41) is 3.64. The summed E-state index contributed by atoms with van der Waals surface area (Å²) in [5.41, 5.74) is 4.95. The van der Waals surface area contributed by atoms with Crippen molar-refractivity contribution in [2.45, 2.75) is 10.3 Å². The van der Waals surface area contributed by atoms with Gasteiger partial charge in [0.05, 0.1) is 11.1 Å². The molecule has 0 bridgehead atoms. The molecule has 2 aromatic carbocycles. The Labute approximate surface area is 141 Å². The minimum absolute atomic E-state index is 0.352. The van der Waals surface area contributed by atoms with E-state index in [0.29, 0.717) is 5.37 Å². The van der Waals surface area contributed by atoms with Crippen molar-refractivity contribution in [2.24, 2.45) is 0 Å². The summed E-state index contributed by atoms with van der Waals surface area (Å²) < 4.78 is 0. The maximum atomic E-state index is 3.29. The number of benzene rings is 2. The minimum Gasteiger partial charge on any atom is -0.361 e. The zero-order valence-corrected chi connectivity index (χ0v) is 13.8. The summed E-state index contributed by atoms with van der Waals surface area (Å²) in [5.74, 6) is 0. The van der Waals surface area contributed by atoms with Gasteiger partial charge in [-0.2, -0.15) is 0 Å². The summed E-state index contributed by atoms with van der Waals surface area (Å²) in [7, 11) is 2.15. The van der Waals surface area contributed by atoms with Gasteiger partial charge >= 0.3 is 0 Å². The van der Waals surface area contributed by atoms with Gasteiger partial charge in [-0.05, 0) is 29.8 Å². The molecule has 2 heterocycles. The van der Waals surface area contributed by atoms with E-state index >= 15 is 0 Å². The molecule has 0 aromatic heterocycles. The SMILES string of the molecule is CN1c2ccccc2SC1C=CC=C1C=CNc2ccccc21. The minimum atomic E-state index is 0.352. The van der Waals surface area contributed by atoms with E-state index in [1.165, 1.54) is 21.7 Å². The number of nitrogens with one attached hydrogen (secondary N) is 1. The van der Waals surface area contributed by atoms with E-state index in [-0.39, 0.29) is 0 Å². The Morgan fingerprint density at radius 1 is 1.09 bits per heavy atom. The van der Waals surface area contributed by atoms with Gasteiger partial charge in [0.2, 0.25) is 0 Å². The second-order valence-electron chi connectivity index (χ2n) is 5.62. The number of hydrogen-bond acceptors (Lipinski definition) is 3. The molecule has 0 fully saturated rings. The van der Waals surface area contributed by atoms with Crippen molar-refractivity contribution >= 4 is 28.7 Å². The number of anilines is 2. The summed E-state index contributed by atoms with van der Waals surface area (Å²) in [6.45, 7) is 0. The van der Waals surface area contributed by atoms with Crippen LogP contribution < -0.4 is 10.2 Å². The maximum Gasteiger partial charge on any atom is 0.0982 e. The first kappa shape index (κ1) is 14.2. The smallest absolute Gasteiger partial charge is 0.0982 e. The summed E-state index contributed by atoms with van der Waals surface area (Å²) in [4.78, 5) is 3.67. The molecule has 2 aliphatic rings. The first-order valence-electron chi connectivity index (χ1n) is 7.72. The highest BCUT2D eigenvalue weighted by molar-refractivity contribution is 8.00. The van der Waals surface area contributed by atoms with Gasteiger partial charge in [-0.15, -0.1) is 0 Å². The van der Waals surface area contributed by atoms with Gasteiger partial charge in [0, 0.05) is 29.4 Å². The van der Waals surface area contributed by atoms with Gasteiger partial charge < -0.3 is 10.2 Å². The molecule has 3 heteroatoms. The third-order valence-electron chi connectivity index (χ3n) is 4.17. The predicted molar refractivity (Wildman–Crippen MR) is 101 cm³/mol. The van der Waals surface area contributed by atoms with Crippen LogP contribution >= 0.6 is 11.8 Å². The Kier molecular flexibility index (Phi) is 3.72. The normalized spacial score (nSPS) is 20.7. The molecule has 114 valence electrons. The van der Waals surface area contributed by atoms with Crippen LogP contribution in [0.4, 0.5) is 11.4 Å². The Balaban J connectivity index is 1.55. The molecule has 2 aromatic rings. The molecule has 0 saturated carbocycles. The first-order chi connectivity index (χ1) is 11.3. The van der Waals surface area contributed by atoms with Crippen LogP contribution in [0.15, 0.2) is 83.9 Å². The molecule has 2 aliphatic heterocycles. The van der Waals surface area contributed by atoms with Crippen molar-refractivity contribution in [3.05, 3.63) is 84.6 Å². The van der Waals surface area contributed by atoms with Crippen molar-refractivity contribution in [3.63, 3.8) is 0 Å². The zero-order chi connectivity index (χ0) is 15.6. The van der Waals surface area contributed by atoms with E-state index in [2.05, 4.69) is 90.1 Å². The molecule has 0 aliphatic carbocycles. The molecule has 1 atom stereocenters. The number of thioether (sulfide) groups is 1. The van der Waals surface area contributed by atoms with Gasteiger partial charge in [0.15, 0.2) is 0 Å². The van der Waals surface area contributed by atoms with E-state index in [9.17, 15) is 0 Å². The van der Waals surface area contributed by atoms with Crippen molar-refractivity contribution in [1.82, 2.24) is 0 Å². The number of para-hydroxylation sites is 2. The van der Waals surface area contributed by atoms with Crippen molar-refractivity contribution in [2.75, 3.05) is 17.3 Å². The lowest BCUT2D eigenvalue weighted by atomic mass is 10.0. The maximum absolute atomic E-state index is 3.29. The Morgan fingerprint density at radius 3 is 2.83 bits per heavy atom. The Morgan fingerprint density at radius 2 is 1.91 bits per heavy atom. The van der Waals surface area contributed by atoms with Crippen LogP contribution in [0.3, 0.4) is 0 Å². The highest BCUT2D eigenvalue weighted by Gasteiger charge is 2.24. The summed E-state index contributed by atoms with van der Waals surface area (Å²) in [6, 6.07) is 17.0. The number of rotatable bonds is 2. The van der Waals surface area contributed by atoms with Crippen molar-refractivity contribution in [3.8, 4) is 0 Å². The number of hydrogen-bond donors (Lipinski definition) is 1. The molecule has 4 rings (SSSR count). The standard InChI is InChI=1S/C20H18N2S/c1-22-18-10-4-5-11-19(18)23-20(22)12-6-7-15-13-14-21-17-9-3-2-8-16(15)17/h2-14,20-21H,1H3. The Bertz CT molecular complexity index is 820. The van der Waals surface area contributed by atoms with Crippen LogP contribution in [-0.4, -0.2) is 12.4 Å². The average molecular weight is 318 g/mol. The molecule has 0 spiro atoms. The van der Waals surface area contributed by atoms with Crippen LogP contribution in [0.5, 0.6) is 0 Å². The summed E-state index contributed by atoms with van der Waals surface area (Å²) in [6.07, 6.45) is 10.7. The molecular weight excluding hydrogens is 300 g/mol. The lowest BCUT2D eigenvalue weighted by Crippen LogP contribution is -2.21. The van der Waals surface area contributed by atoms with E-state index < -0.39 is 0 Å². The van der Waals surface area contributed by atoms with Gasteiger partial charge in [-0.25, -0.2) is 0 Å². The van der Waals surface area contributed by atoms with E-state index in [1.807, 2.05) is 18.0 Å². The molecule has 2 nitrogen and oxygen atoms in total. The number of fused-ring (bicyclic) bond motifs is 2. The molecular formula is C20H18N2S. The lowest BCUT2D eigenvalue weighted by molar-refractivity contribution is 0.990. The van der Waals surface area contributed by atoms with Crippen LogP contribution in [0.2, 0.25) is 0 Å². The number of allylic oxidation sites excluding steroid dienone is 4. The molecule has 1 N–H and O–H groups in total. The fourth-order valence-corrected chi connectivity index (χ4v) is 4.13. The van der Waals surface area contributed by atoms with Gasteiger partial charge in [-0.3, -0.25) is 0 Å². The fourth-order valence-electron chi connectivity index (χ4n) is 2.93. The van der Waals surface area contributed by atoms with Gasteiger partial charge in [-0.1, -0.05) is 60.3 Å². The van der Waals surface area contributed by atoms with E-state index in [1.54, 1.807) is 0 Å². The lowest BCUT2D eigenvalue weighted by Gasteiger charge is -2.18. The van der Waals surface area contributed by atoms with E-state index in [0.717, 1.165) is 5.69 Å². The number of likely N-dealkylation sites (N-methyl/N-ethyl adjacent to an activating group) is 1. The average Bonchev–Trinajstić information content (AvgIpc) is 2.92. The molecule has 0 saturated heterocycles. The second-order valence-corrected chi connectivity index (χ2v) is 6.78. The molecule has 1 unspecified atom stereocenters. The summed E-state index contributed by atoms with van der Waals surface area (Å²) >= 11 is 1.90. The fraction of sp³-hybridized carbons (Fsp3) is 0.100. The number of nitrogens with zero attached hydrogens (tertiary/aromatic N) is 1. The third-order valence-corrected chi connectivity index (χ3v) is 5.48. The Hall–Kier alpha value is -2.39. The van der Waals surface area contributed by atoms with Crippen molar-refractivity contribution in [1.29, 1.82) is 0 Å². The topological polar surface area (TPSA) is 15.3 Å². The predicted octanol–water partition coefficient (Wildman–Crippen LogP) is 5.13. The largest absolute Gasteiger partial charge is 0.361 e. The van der Waals surface area contributed by atoms with Crippen molar-refractivity contribution < 1.29 is 0 Å². The molecule has 0 amide bonds. The van der Waals surface area contributed by atoms with Crippen LogP contribution in [0, 0.1) is 0 Å². The van der Waals surface area contributed by atoms with Gasteiger partial charge in [0.1, 0.15) is 0 Å². The first-order valence-corrected chi connectivity index (χ1v) is 8.60.